The zero-order valence-electron chi connectivity index (χ0n) is 18.4. The minimum atomic E-state index is -0.0581. The van der Waals surface area contributed by atoms with E-state index in [0.717, 1.165) is 25.7 Å². The quantitative estimate of drug-likeness (QED) is 0.656. The van der Waals surface area contributed by atoms with E-state index in [1.807, 2.05) is 40.1 Å². The van der Waals surface area contributed by atoms with E-state index in [1.54, 1.807) is 12.1 Å². The Hall–Kier alpha value is -2.73. The molecule has 2 amide bonds. The molecule has 2 aliphatic rings. The normalized spacial score (nSPS) is 16.4. The molecule has 4 rings (SSSR count). The second-order valence-corrected chi connectivity index (χ2v) is 8.63. The fourth-order valence-corrected chi connectivity index (χ4v) is 4.62. The predicted octanol–water partition coefficient (Wildman–Crippen LogP) is 4.66. The van der Waals surface area contributed by atoms with Gasteiger partial charge in [-0.3, -0.25) is 9.59 Å². The van der Waals surface area contributed by atoms with E-state index in [9.17, 15) is 9.59 Å². The van der Waals surface area contributed by atoms with Crippen molar-refractivity contribution >= 4 is 23.4 Å². The van der Waals surface area contributed by atoms with Gasteiger partial charge >= 0.3 is 0 Å². The lowest BCUT2D eigenvalue weighted by atomic mass is 10.0. The minimum Gasteiger partial charge on any atom is -0.489 e. The molecule has 32 heavy (non-hydrogen) atoms. The van der Waals surface area contributed by atoms with Crippen molar-refractivity contribution in [3.05, 3.63) is 58.6 Å². The SMILES string of the molecule is CCCN(C(=O)c1cc(Cl)c2c(c1)OCCCO2)C1CCN(C(=O)c2ccccc2)CC1. The molecule has 2 heterocycles. The first-order chi connectivity index (χ1) is 15.6. The Kier molecular flexibility index (Phi) is 7.20. The minimum absolute atomic E-state index is 0.0482. The molecule has 0 unspecified atom stereocenters. The van der Waals surface area contributed by atoms with Gasteiger partial charge in [-0.05, 0) is 43.5 Å². The highest BCUT2D eigenvalue weighted by Crippen LogP contribution is 2.38. The molecular weight excluding hydrogens is 428 g/mol. The third-order valence-electron chi connectivity index (χ3n) is 5.99. The summed E-state index contributed by atoms with van der Waals surface area (Å²) in [5, 5.41) is 0.396. The van der Waals surface area contributed by atoms with Gasteiger partial charge in [-0.1, -0.05) is 36.7 Å². The van der Waals surface area contributed by atoms with Gasteiger partial charge in [0.05, 0.1) is 18.2 Å². The first-order valence-electron chi connectivity index (χ1n) is 11.3. The molecule has 0 atom stereocenters. The molecule has 7 heteroatoms. The van der Waals surface area contributed by atoms with E-state index in [4.69, 9.17) is 21.1 Å². The number of benzene rings is 2. The van der Waals surface area contributed by atoms with Crippen molar-refractivity contribution in [2.24, 2.45) is 0 Å². The third kappa shape index (κ3) is 4.85. The summed E-state index contributed by atoms with van der Waals surface area (Å²) < 4.78 is 11.5. The number of rotatable bonds is 5. The van der Waals surface area contributed by atoms with Crippen LogP contribution in [0.5, 0.6) is 11.5 Å². The third-order valence-corrected chi connectivity index (χ3v) is 6.27. The Morgan fingerprint density at radius 3 is 2.50 bits per heavy atom. The number of amides is 2. The standard InChI is InChI=1S/C25H29ClN2O4/c1-2-11-28(20-9-12-27(13-10-20)24(29)18-7-4-3-5-8-18)25(30)19-16-21(26)23-22(17-19)31-14-6-15-32-23/h3-5,7-8,16-17,20H,2,6,9-15H2,1H3. The average molecular weight is 457 g/mol. The lowest BCUT2D eigenvalue weighted by molar-refractivity contribution is 0.0519. The Morgan fingerprint density at radius 1 is 1.06 bits per heavy atom. The van der Waals surface area contributed by atoms with Gasteiger partial charge in [0.2, 0.25) is 0 Å². The zero-order valence-corrected chi connectivity index (χ0v) is 19.1. The van der Waals surface area contributed by atoms with Crippen LogP contribution in [-0.2, 0) is 0 Å². The second kappa shape index (κ2) is 10.3. The van der Waals surface area contributed by atoms with Gasteiger partial charge in [0.25, 0.3) is 11.8 Å². The van der Waals surface area contributed by atoms with E-state index in [2.05, 4.69) is 6.92 Å². The summed E-state index contributed by atoms with van der Waals surface area (Å²) in [5.74, 6) is 1.03. The number of fused-ring (bicyclic) bond motifs is 1. The van der Waals surface area contributed by atoms with Crippen molar-refractivity contribution in [3.8, 4) is 11.5 Å². The van der Waals surface area contributed by atoms with Gasteiger partial charge in [0, 0.05) is 43.2 Å². The number of ether oxygens (including phenoxy) is 2. The van der Waals surface area contributed by atoms with Gasteiger partial charge in [-0.15, -0.1) is 0 Å². The van der Waals surface area contributed by atoms with Crippen LogP contribution in [0.2, 0.25) is 5.02 Å². The number of carbonyl (C=O) groups is 2. The van der Waals surface area contributed by atoms with Gasteiger partial charge in [0.1, 0.15) is 0 Å². The highest BCUT2D eigenvalue weighted by atomic mass is 35.5. The average Bonchev–Trinajstić information content (AvgIpc) is 3.08. The van der Waals surface area contributed by atoms with E-state index in [-0.39, 0.29) is 17.9 Å². The van der Waals surface area contributed by atoms with Gasteiger partial charge in [-0.2, -0.15) is 0 Å². The number of hydrogen-bond donors (Lipinski definition) is 0. The van der Waals surface area contributed by atoms with E-state index < -0.39 is 0 Å². The molecule has 0 saturated carbocycles. The molecule has 0 bridgehead atoms. The lowest BCUT2D eigenvalue weighted by Crippen LogP contribution is -2.49. The Labute approximate surface area is 194 Å². The van der Waals surface area contributed by atoms with E-state index in [1.165, 1.54) is 0 Å². The van der Waals surface area contributed by atoms with Crippen LogP contribution in [0.15, 0.2) is 42.5 Å². The highest BCUT2D eigenvalue weighted by Gasteiger charge is 2.31. The van der Waals surface area contributed by atoms with Crippen LogP contribution in [0, 0.1) is 0 Å². The van der Waals surface area contributed by atoms with Crippen LogP contribution in [0.3, 0.4) is 0 Å². The number of nitrogens with zero attached hydrogens (tertiary/aromatic N) is 2. The molecular formula is C25H29ClN2O4. The highest BCUT2D eigenvalue weighted by molar-refractivity contribution is 6.32. The van der Waals surface area contributed by atoms with Crippen molar-refractivity contribution in [2.75, 3.05) is 32.8 Å². The topological polar surface area (TPSA) is 59.1 Å². The number of halogens is 1. The molecule has 1 saturated heterocycles. The van der Waals surface area contributed by atoms with Gasteiger partial charge in [0.15, 0.2) is 11.5 Å². The molecule has 0 aliphatic carbocycles. The van der Waals surface area contributed by atoms with Crippen LogP contribution in [0.1, 0.15) is 53.3 Å². The van der Waals surface area contributed by atoms with Crippen LogP contribution < -0.4 is 9.47 Å². The maximum absolute atomic E-state index is 13.5. The summed E-state index contributed by atoms with van der Waals surface area (Å²) in [5.41, 5.74) is 1.21. The fraction of sp³-hybridized carbons (Fsp3) is 0.440. The second-order valence-electron chi connectivity index (χ2n) is 8.22. The molecule has 2 aliphatic heterocycles. The summed E-state index contributed by atoms with van der Waals surface area (Å²) in [4.78, 5) is 30.1. The number of piperidine rings is 1. The van der Waals surface area contributed by atoms with Crippen LogP contribution >= 0.6 is 11.6 Å². The monoisotopic (exact) mass is 456 g/mol. The first kappa shape index (κ1) is 22.5. The Balaban J connectivity index is 1.47. The van der Waals surface area contributed by atoms with Gasteiger partial charge < -0.3 is 19.3 Å². The molecule has 0 N–H and O–H groups in total. The van der Waals surface area contributed by atoms with Crippen molar-refractivity contribution in [1.82, 2.24) is 9.80 Å². The molecule has 2 aromatic carbocycles. The first-order valence-corrected chi connectivity index (χ1v) is 11.7. The maximum atomic E-state index is 13.5. The largest absolute Gasteiger partial charge is 0.489 e. The van der Waals surface area contributed by atoms with Crippen LogP contribution in [0.4, 0.5) is 0 Å². The van der Waals surface area contributed by atoms with Crippen LogP contribution in [0.25, 0.3) is 0 Å². The van der Waals surface area contributed by atoms with E-state index in [0.29, 0.717) is 60.5 Å². The Morgan fingerprint density at radius 2 is 1.78 bits per heavy atom. The fourth-order valence-electron chi connectivity index (χ4n) is 4.35. The molecule has 0 spiro atoms. The van der Waals surface area contributed by atoms with Crippen molar-refractivity contribution in [1.29, 1.82) is 0 Å². The number of carbonyl (C=O) groups excluding carboxylic acids is 2. The summed E-state index contributed by atoms with van der Waals surface area (Å²) >= 11 is 6.42. The van der Waals surface area contributed by atoms with Crippen LogP contribution in [-0.4, -0.2) is 60.5 Å². The summed E-state index contributed by atoms with van der Waals surface area (Å²) in [7, 11) is 0. The molecule has 0 aromatic heterocycles. The van der Waals surface area contributed by atoms with Gasteiger partial charge in [-0.25, -0.2) is 0 Å². The molecule has 2 aromatic rings. The number of likely N-dealkylation sites (tertiary alicyclic amines) is 1. The summed E-state index contributed by atoms with van der Waals surface area (Å²) in [6.45, 7) is 5.06. The molecule has 6 nitrogen and oxygen atoms in total. The maximum Gasteiger partial charge on any atom is 0.254 e. The summed E-state index contributed by atoms with van der Waals surface area (Å²) in [6, 6.07) is 12.8. The smallest absolute Gasteiger partial charge is 0.254 e. The number of hydrogen-bond acceptors (Lipinski definition) is 4. The van der Waals surface area contributed by atoms with Crippen molar-refractivity contribution in [2.45, 2.75) is 38.6 Å². The summed E-state index contributed by atoms with van der Waals surface area (Å²) in [6.07, 6.45) is 3.13. The van der Waals surface area contributed by atoms with Crippen molar-refractivity contribution < 1.29 is 19.1 Å². The Bertz CT molecular complexity index is 958. The predicted molar refractivity (Wildman–Crippen MR) is 124 cm³/mol. The molecule has 1 fully saturated rings. The van der Waals surface area contributed by atoms with Crippen molar-refractivity contribution in [3.63, 3.8) is 0 Å². The molecule has 170 valence electrons. The molecule has 0 radical (unpaired) electrons. The zero-order chi connectivity index (χ0) is 22.5. The van der Waals surface area contributed by atoms with E-state index >= 15 is 0 Å². The lowest BCUT2D eigenvalue weighted by Gasteiger charge is -2.38.